The third kappa shape index (κ3) is 4.72. The summed E-state index contributed by atoms with van der Waals surface area (Å²) in [5, 5.41) is 11.4. The molecule has 3 heterocycles. The van der Waals surface area contributed by atoms with E-state index >= 15 is 0 Å². The quantitative estimate of drug-likeness (QED) is 0.199. The molecule has 2 aromatic carbocycles. The fourth-order valence-corrected chi connectivity index (χ4v) is 9.07. The molecule has 0 aliphatic heterocycles. The van der Waals surface area contributed by atoms with Crippen LogP contribution in [-0.2, 0) is 18.1 Å². The number of halogens is 1. The molecule has 0 radical (unpaired) electrons. The van der Waals surface area contributed by atoms with E-state index in [1.165, 1.54) is 50.7 Å². The zero-order chi connectivity index (χ0) is 32.1. The van der Waals surface area contributed by atoms with Gasteiger partial charge in [-0.25, -0.2) is 9.37 Å². The number of aryl methyl sites for hydroxylation is 3. The maximum Gasteiger partial charge on any atom is 0.261 e. The van der Waals surface area contributed by atoms with Crippen LogP contribution in [0.15, 0.2) is 58.0 Å². The zero-order valence-electron chi connectivity index (χ0n) is 27.0. The molecule has 8 heteroatoms. The number of fused-ring (bicyclic) bond motifs is 1. The molecule has 0 unspecified atom stereocenters. The summed E-state index contributed by atoms with van der Waals surface area (Å²) in [6.07, 6.45) is 11.3. The molecule has 0 amide bonds. The van der Waals surface area contributed by atoms with Crippen LogP contribution in [0.1, 0.15) is 74.9 Å². The number of aromatic nitrogens is 3. The smallest absolute Gasteiger partial charge is 0.261 e. The monoisotopic (exact) mass is 621 g/mol. The zero-order valence-corrected chi connectivity index (χ0v) is 27.0. The summed E-state index contributed by atoms with van der Waals surface area (Å²) in [4.78, 5) is 22.0. The molecule has 4 saturated carbocycles. The van der Waals surface area contributed by atoms with Crippen molar-refractivity contribution in [3.63, 3.8) is 0 Å². The van der Waals surface area contributed by atoms with Crippen molar-refractivity contribution >= 4 is 11.0 Å². The van der Waals surface area contributed by atoms with Crippen LogP contribution in [0.5, 0.6) is 11.5 Å². The summed E-state index contributed by atoms with van der Waals surface area (Å²) in [7, 11) is 1.72. The number of hydrogen-bond acceptors (Lipinski definition) is 5. The molecule has 2 N–H and O–H groups in total. The van der Waals surface area contributed by atoms with E-state index in [0.717, 1.165) is 29.3 Å². The van der Waals surface area contributed by atoms with Gasteiger partial charge >= 0.3 is 0 Å². The number of nitrogens with one attached hydrogen (secondary N) is 1. The lowest BCUT2D eigenvalue weighted by Crippen LogP contribution is -2.49. The van der Waals surface area contributed by atoms with Crippen molar-refractivity contribution in [2.75, 3.05) is 0 Å². The first kappa shape index (κ1) is 29.2. The first-order chi connectivity index (χ1) is 21.9. The first-order valence-corrected chi connectivity index (χ1v) is 16.4. The second kappa shape index (κ2) is 10.2. The van der Waals surface area contributed by atoms with Gasteiger partial charge in [-0.2, -0.15) is 0 Å². The molecule has 4 fully saturated rings. The van der Waals surface area contributed by atoms with Crippen LogP contribution in [0, 0.1) is 37.4 Å². The van der Waals surface area contributed by atoms with Gasteiger partial charge in [-0.3, -0.25) is 4.79 Å². The van der Waals surface area contributed by atoms with Gasteiger partial charge in [0, 0.05) is 29.8 Å². The molecule has 0 spiro atoms. The number of imidazole rings is 1. The van der Waals surface area contributed by atoms with Gasteiger partial charge in [-0.1, -0.05) is 6.07 Å². The minimum atomic E-state index is -1.13. The minimum absolute atomic E-state index is 0.112. The Kier molecular flexibility index (Phi) is 6.46. The summed E-state index contributed by atoms with van der Waals surface area (Å²) in [5.41, 5.74) is 3.26. The fourth-order valence-electron chi connectivity index (χ4n) is 9.07. The number of furan rings is 1. The van der Waals surface area contributed by atoms with Crippen molar-refractivity contribution in [3.8, 4) is 34.1 Å². The maximum absolute atomic E-state index is 14.1. The highest BCUT2D eigenvalue weighted by Crippen LogP contribution is 2.60. The van der Waals surface area contributed by atoms with Gasteiger partial charge in [0.15, 0.2) is 5.76 Å². The highest BCUT2D eigenvalue weighted by atomic mass is 19.1. The third-order valence-electron chi connectivity index (χ3n) is 10.8. The molecular formula is C38H40FN3O4. The molecule has 0 saturated heterocycles. The molecule has 46 heavy (non-hydrogen) atoms. The van der Waals surface area contributed by atoms with E-state index < -0.39 is 5.60 Å². The van der Waals surface area contributed by atoms with Crippen LogP contribution in [0.25, 0.3) is 33.6 Å². The Morgan fingerprint density at radius 2 is 1.67 bits per heavy atom. The predicted molar refractivity (Wildman–Crippen MR) is 176 cm³/mol. The average Bonchev–Trinajstić information content (AvgIpc) is 3.65. The number of rotatable bonds is 6. The van der Waals surface area contributed by atoms with Crippen molar-refractivity contribution in [3.05, 3.63) is 87.5 Å². The number of H-pyrrole nitrogens is 1. The van der Waals surface area contributed by atoms with Gasteiger partial charge in [0.05, 0.1) is 17.2 Å². The van der Waals surface area contributed by atoms with Gasteiger partial charge in [-0.05, 0) is 131 Å². The van der Waals surface area contributed by atoms with Crippen molar-refractivity contribution in [1.29, 1.82) is 0 Å². The second-order valence-corrected chi connectivity index (χ2v) is 14.9. The number of pyridine rings is 1. The van der Waals surface area contributed by atoms with E-state index in [9.17, 15) is 14.3 Å². The lowest BCUT2D eigenvalue weighted by molar-refractivity contribution is -0.00898. The van der Waals surface area contributed by atoms with Crippen LogP contribution in [0.2, 0.25) is 0 Å². The van der Waals surface area contributed by atoms with E-state index in [0.29, 0.717) is 56.0 Å². The SMILES string of the molecule is Cc1cc(F)cc(C)c1Oc1ccc(C(C)(C)O)cc1-c1cn(C)c(=O)c2cc(-c3cnc(C45CC6CC(CC(C6)C4)C5)[nH]3)oc12. The number of ether oxygens (including phenoxy) is 1. The molecule has 238 valence electrons. The van der Waals surface area contributed by atoms with Crippen LogP contribution >= 0.6 is 0 Å². The standard InChI is InChI=1S/C38H40FN3O4/c1-20-8-26(39)9-21(2)33(20)45-31-7-6-25(37(3,4)44)13-27(31)29-19-42(5)35(43)28-14-32(46-34(28)29)30-18-40-36(41-30)38-15-22-10-23(16-38)12-24(11-22)17-38/h6-9,13-14,18-19,22-24,44H,10-12,15-17H2,1-5H3,(H,40,41). The molecule has 9 rings (SSSR count). The summed E-state index contributed by atoms with van der Waals surface area (Å²) < 4.78 is 28.7. The average molecular weight is 622 g/mol. The van der Waals surface area contributed by atoms with Crippen LogP contribution in [0.4, 0.5) is 4.39 Å². The van der Waals surface area contributed by atoms with Gasteiger partial charge in [0.2, 0.25) is 0 Å². The normalized spacial score (nSPS) is 23.8. The molecular weight excluding hydrogens is 581 g/mol. The predicted octanol–water partition coefficient (Wildman–Crippen LogP) is 8.43. The van der Waals surface area contributed by atoms with Crippen molar-refractivity contribution in [2.45, 2.75) is 77.2 Å². The van der Waals surface area contributed by atoms with E-state index in [1.807, 2.05) is 32.2 Å². The first-order valence-electron chi connectivity index (χ1n) is 16.4. The lowest BCUT2D eigenvalue weighted by atomic mass is 9.49. The summed E-state index contributed by atoms with van der Waals surface area (Å²) in [6.45, 7) is 7.06. The van der Waals surface area contributed by atoms with E-state index in [4.69, 9.17) is 14.1 Å². The molecule has 4 bridgehead atoms. The van der Waals surface area contributed by atoms with Crippen molar-refractivity contribution in [1.82, 2.24) is 14.5 Å². The Labute approximate surface area is 267 Å². The van der Waals surface area contributed by atoms with Crippen LogP contribution in [0.3, 0.4) is 0 Å². The Balaban J connectivity index is 1.25. The number of aliphatic hydroxyl groups is 1. The summed E-state index contributed by atoms with van der Waals surface area (Å²) >= 11 is 0. The summed E-state index contributed by atoms with van der Waals surface area (Å²) in [6, 6.07) is 10.2. The number of nitrogens with zero attached hydrogens (tertiary/aromatic N) is 2. The van der Waals surface area contributed by atoms with Gasteiger partial charge in [0.25, 0.3) is 5.56 Å². The molecule has 3 aromatic heterocycles. The van der Waals surface area contributed by atoms with Gasteiger partial charge in [-0.15, -0.1) is 0 Å². The molecule has 5 aromatic rings. The maximum atomic E-state index is 14.1. The fraction of sp³-hybridized carbons (Fsp3) is 0.421. The van der Waals surface area contributed by atoms with E-state index in [2.05, 4.69) is 4.98 Å². The molecule has 4 aliphatic rings. The number of aromatic amines is 1. The Hall–Kier alpha value is -4.17. The number of hydrogen-bond donors (Lipinski definition) is 2. The highest BCUT2D eigenvalue weighted by Gasteiger charge is 2.53. The Bertz CT molecular complexity index is 2020. The van der Waals surface area contributed by atoms with Crippen LogP contribution in [-0.4, -0.2) is 19.6 Å². The third-order valence-corrected chi connectivity index (χ3v) is 10.8. The Morgan fingerprint density at radius 3 is 2.30 bits per heavy atom. The molecule has 0 atom stereocenters. The van der Waals surface area contributed by atoms with Crippen molar-refractivity contribution < 1.29 is 18.7 Å². The van der Waals surface area contributed by atoms with Gasteiger partial charge < -0.3 is 23.8 Å². The van der Waals surface area contributed by atoms with E-state index in [1.54, 1.807) is 43.8 Å². The Morgan fingerprint density at radius 1 is 1.02 bits per heavy atom. The molecule has 7 nitrogen and oxygen atoms in total. The minimum Gasteiger partial charge on any atom is -0.456 e. The lowest BCUT2D eigenvalue weighted by Gasteiger charge is -2.55. The van der Waals surface area contributed by atoms with Crippen molar-refractivity contribution in [2.24, 2.45) is 24.8 Å². The molecule has 4 aliphatic carbocycles. The number of benzene rings is 2. The second-order valence-electron chi connectivity index (χ2n) is 14.9. The van der Waals surface area contributed by atoms with E-state index in [-0.39, 0.29) is 16.8 Å². The largest absolute Gasteiger partial charge is 0.456 e. The van der Waals surface area contributed by atoms with Crippen LogP contribution < -0.4 is 10.3 Å². The summed E-state index contributed by atoms with van der Waals surface area (Å²) in [5.74, 6) is 4.72. The van der Waals surface area contributed by atoms with Gasteiger partial charge in [0.1, 0.15) is 34.4 Å². The highest BCUT2D eigenvalue weighted by molar-refractivity contribution is 5.95. The topological polar surface area (TPSA) is 93.3 Å².